The first-order valence-corrected chi connectivity index (χ1v) is 11.5. The summed E-state index contributed by atoms with van der Waals surface area (Å²) >= 11 is 0. The Hall–Kier alpha value is -4.27. The fourth-order valence-corrected chi connectivity index (χ4v) is 3.97. The minimum Gasteiger partial charge on any atom is -0.487 e. The van der Waals surface area contributed by atoms with Gasteiger partial charge in [0.25, 0.3) is 0 Å². The van der Waals surface area contributed by atoms with Gasteiger partial charge in [-0.05, 0) is 59.0 Å². The fourth-order valence-electron chi connectivity index (χ4n) is 3.97. The standard InChI is InChI=1S/C28H24F3N3O3/c1-16(32)2-10-25(33)19-6-4-18(5-7-19)21-12-17(3-9-24(21)28(29,30)31)15-37-20-8-11-26(34-14-20)22-13-23(22)27(35)36/h2-12,14,22-23,32-33H,13,15H2,1H3,(H,35,36)/p+1/b10-2-,32-16?,33-25?/t22-,23-/m0/s1. The fraction of sp³-hybridized carbons (Fsp3) is 0.214. The summed E-state index contributed by atoms with van der Waals surface area (Å²) in [7, 11) is 0. The number of halogens is 3. The van der Waals surface area contributed by atoms with Crippen LogP contribution in [0.5, 0.6) is 5.75 Å². The van der Waals surface area contributed by atoms with Gasteiger partial charge in [0.15, 0.2) is 5.71 Å². The molecule has 1 fully saturated rings. The summed E-state index contributed by atoms with van der Waals surface area (Å²) < 4.78 is 47.0. The lowest BCUT2D eigenvalue weighted by molar-refractivity contribution is -0.139. The molecule has 190 valence electrons. The highest BCUT2D eigenvalue weighted by Gasteiger charge is 2.45. The molecule has 0 aliphatic heterocycles. The van der Waals surface area contributed by atoms with Gasteiger partial charge in [-0.15, -0.1) is 0 Å². The van der Waals surface area contributed by atoms with E-state index in [4.69, 9.17) is 20.7 Å². The second-order valence-electron chi connectivity index (χ2n) is 8.94. The SMILES string of the molecule is CC(=[NH2+])/C=C\C(=N)c1ccc(-c2cc(COc3ccc([C@H]4C[C@@H]4C(=O)O)nc3)ccc2C(F)(F)F)cc1. The predicted molar refractivity (Wildman–Crippen MR) is 133 cm³/mol. The molecule has 1 aliphatic carbocycles. The second kappa shape index (κ2) is 10.4. The molecule has 4 rings (SSSR count). The Morgan fingerprint density at radius 1 is 1.16 bits per heavy atom. The van der Waals surface area contributed by atoms with Gasteiger partial charge in [0.2, 0.25) is 0 Å². The summed E-state index contributed by atoms with van der Waals surface area (Å²) in [5.41, 5.74) is 2.09. The maximum Gasteiger partial charge on any atom is 0.417 e. The van der Waals surface area contributed by atoms with E-state index in [-0.39, 0.29) is 23.8 Å². The van der Waals surface area contributed by atoms with Crippen molar-refractivity contribution in [3.8, 4) is 16.9 Å². The maximum atomic E-state index is 13.8. The molecule has 2 atom stereocenters. The zero-order valence-corrected chi connectivity index (χ0v) is 19.9. The molecule has 0 amide bonds. The molecule has 37 heavy (non-hydrogen) atoms. The number of rotatable bonds is 9. The van der Waals surface area contributed by atoms with Gasteiger partial charge in [0, 0.05) is 24.6 Å². The monoisotopic (exact) mass is 508 g/mol. The number of ether oxygens (including phenoxy) is 1. The van der Waals surface area contributed by atoms with E-state index in [1.165, 1.54) is 24.4 Å². The van der Waals surface area contributed by atoms with Crippen LogP contribution in [0.15, 0.2) is 72.9 Å². The number of carboxylic acid groups (broad SMARTS) is 1. The Labute approximate surface area is 211 Å². The van der Waals surface area contributed by atoms with Crippen molar-refractivity contribution < 1.29 is 33.2 Å². The molecular formula is C28H25F3N3O3+. The Morgan fingerprint density at radius 3 is 2.46 bits per heavy atom. The second-order valence-corrected chi connectivity index (χ2v) is 8.94. The molecule has 0 spiro atoms. The summed E-state index contributed by atoms with van der Waals surface area (Å²) in [6.07, 6.45) is 0.613. The molecule has 1 heterocycles. The van der Waals surface area contributed by atoms with E-state index in [0.717, 1.165) is 6.07 Å². The minimum absolute atomic E-state index is 0.00952. The summed E-state index contributed by atoms with van der Waals surface area (Å²) in [4.78, 5) is 15.3. The van der Waals surface area contributed by atoms with E-state index >= 15 is 0 Å². The van der Waals surface area contributed by atoms with E-state index in [0.29, 0.717) is 40.3 Å². The van der Waals surface area contributed by atoms with Gasteiger partial charge in [-0.25, -0.2) is 0 Å². The van der Waals surface area contributed by atoms with Crippen molar-refractivity contribution in [2.75, 3.05) is 0 Å². The van der Waals surface area contributed by atoms with Crippen LogP contribution in [0.1, 0.15) is 41.6 Å². The largest absolute Gasteiger partial charge is 0.487 e. The number of alkyl halides is 3. The summed E-state index contributed by atoms with van der Waals surface area (Å²) in [6, 6.07) is 13.5. The number of hydrogen-bond acceptors (Lipinski definition) is 4. The third kappa shape index (κ3) is 6.30. The number of nitrogens with zero attached hydrogens (tertiary/aromatic N) is 1. The number of hydrogen-bond donors (Lipinski definition) is 3. The number of aromatic nitrogens is 1. The van der Waals surface area contributed by atoms with Crippen LogP contribution in [0.4, 0.5) is 13.2 Å². The van der Waals surface area contributed by atoms with Gasteiger partial charge >= 0.3 is 12.1 Å². The Balaban J connectivity index is 1.51. The van der Waals surface area contributed by atoms with E-state index in [2.05, 4.69) is 4.98 Å². The molecule has 9 heteroatoms. The Bertz CT molecular complexity index is 1360. The highest BCUT2D eigenvalue weighted by Crippen LogP contribution is 2.46. The van der Waals surface area contributed by atoms with Gasteiger partial charge in [0.1, 0.15) is 12.4 Å². The molecular weight excluding hydrogens is 483 g/mol. The van der Waals surface area contributed by atoms with E-state index in [1.54, 1.807) is 49.4 Å². The average molecular weight is 509 g/mol. The lowest BCUT2D eigenvalue weighted by Gasteiger charge is -2.15. The number of carbonyl (C=O) groups is 1. The molecule has 1 saturated carbocycles. The van der Waals surface area contributed by atoms with Crippen LogP contribution in [-0.4, -0.2) is 27.5 Å². The molecule has 3 aromatic rings. The smallest absolute Gasteiger partial charge is 0.417 e. The van der Waals surface area contributed by atoms with Crippen LogP contribution < -0.4 is 10.1 Å². The van der Waals surface area contributed by atoms with Gasteiger partial charge in [0.05, 0.1) is 23.4 Å². The summed E-state index contributed by atoms with van der Waals surface area (Å²) in [5.74, 6) is -0.915. The molecule has 2 aromatic carbocycles. The van der Waals surface area contributed by atoms with Crippen LogP contribution in [0.3, 0.4) is 0 Å². The zero-order chi connectivity index (χ0) is 26.7. The molecule has 4 N–H and O–H groups in total. The van der Waals surface area contributed by atoms with Gasteiger partial charge < -0.3 is 15.3 Å². The van der Waals surface area contributed by atoms with Crippen LogP contribution in [0.25, 0.3) is 11.1 Å². The Morgan fingerprint density at radius 2 is 1.89 bits per heavy atom. The molecule has 1 aliphatic rings. The van der Waals surface area contributed by atoms with Crippen molar-refractivity contribution in [1.82, 2.24) is 4.98 Å². The first-order valence-electron chi connectivity index (χ1n) is 11.5. The normalized spacial score (nSPS) is 17.0. The van der Waals surface area contributed by atoms with Crippen molar-refractivity contribution in [2.24, 2.45) is 5.92 Å². The quantitative estimate of drug-likeness (QED) is 0.365. The first kappa shape index (κ1) is 25.8. The van der Waals surface area contributed by atoms with Crippen LogP contribution >= 0.6 is 0 Å². The van der Waals surface area contributed by atoms with Crippen molar-refractivity contribution in [1.29, 1.82) is 5.41 Å². The van der Waals surface area contributed by atoms with E-state index < -0.39 is 23.6 Å². The summed E-state index contributed by atoms with van der Waals surface area (Å²) in [5, 5.41) is 22.7. The predicted octanol–water partition coefficient (Wildman–Crippen LogP) is 4.68. The molecule has 0 bridgehead atoms. The van der Waals surface area contributed by atoms with Gasteiger partial charge in [-0.1, -0.05) is 30.3 Å². The van der Waals surface area contributed by atoms with Gasteiger partial charge in [-0.3, -0.25) is 15.2 Å². The zero-order valence-electron chi connectivity index (χ0n) is 19.9. The number of nitrogens with one attached hydrogen (secondary N) is 1. The topological polar surface area (TPSA) is 109 Å². The third-order valence-electron chi connectivity index (χ3n) is 6.06. The highest BCUT2D eigenvalue weighted by molar-refractivity contribution is 6.09. The minimum atomic E-state index is -4.55. The number of pyridine rings is 1. The first-order chi connectivity index (χ1) is 17.5. The molecule has 0 saturated heterocycles. The highest BCUT2D eigenvalue weighted by atomic mass is 19.4. The lowest BCUT2D eigenvalue weighted by Crippen LogP contribution is -2.36. The van der Waals surface area contributed by atoms with Gasteiger partial charge in [-0.2, -0.15) is 13.2 Å². The van der Waals surface area contributed by atoms with Crippen molar-refractivity contribution in [3.05, 3.63) is 95.3 Å². The van der Waals surface area contributed by atoms with E-state index in [1.807, 2.05) is 0 Å². The number of benzene rings is 2. The van der Waals surface area contributed by atoms with Crippen LogP contribution in [0, 0.1) is 11.3 Å². The molecule has 6 nitrogen and oxygen atoms in total. The summed E-state index contributed by atoms with van der Waals surface area (Å²) in [6.45, 7) is 1.72. The Kier molecular flexibility index (Phi) is 7.24. The lowest BCUT2D eigenvalue weighted by atomic mass is 9.95. The van der Waals surface area contributed by atoms with Crippen molar-refractivity contribution >= 4 is 17.4 Å². The molecule has 0 radical (unpaired) electrons. The van der Waals surface area contributed by atoms with Crippen molar-refractivity contribution in [3.63, 3.8) is 0 Å². The number of carboxylic acids is 1. The third-order valence-corrected chi connectivity index (χ3v) is 6.06. The molecule has 0 unspecified atom stereocenters. The van der Waals surface area contributed by atoms with Crippen LogP contribution in [0.2, 0.25) is 0 Å². The number of nitrogens with two attached hydrogens (primary N) is 1. The average Bonchev–Trinajstić information content (AvgIpc) is 3.67. The maximum absolute atomic E-state index is 13.8. The van der Waals surface area contributed by atoms with Crippen LogP contribution in [-0.2, 0) is 17.6 Å². The van der Waals surface area contributed by atoms with E-state index in [9.17, 15) is 18.0 Å². The molecule has 1 aromatic heterocycles. The number of aliphatic carboxylic acids is 1. The van der Waals surface area contributed by atoms with Crippen molar-refractivity contribution in [2.45, 2.75) is 32.0 Å². The number of allylic oxidation sites excluding steroid dienone is 2.